The van der Waals surface area contributed by atoms with Crippen LogP contribution >= 0.6 is 11.3 Å². The van der Waals surface area contributed by atoms with Gasteiger partial charge in [-0.05, 0) is 36.9 Å². The summed E-state index contributed by atoms with van der Waals surface area (Å²) >= 11 is 1.83. The summed E-state index contributed by atoms with van der Waals surface area (Å²) in [5.41, 5.74) is 1.37. The van der Waals surface area contributed by atoms with Crippen LogP contribution in [-0.2, 0) is 11.2 Å². The lowest BCUT2D eigenvalue weighted by Crippen LogP contribution is -2.43. The maximum Gasteiger partial charge on any atom is 0.227 e. The largest absolute Gasteiger partial charge is 0.335 e. The van der Waals surface area contributed by atoms with Crippen LogP contribution in [0, 0.1) is 5.92 Å². The second kappa shape index (κ2) is 5.85. The molecule has 1 aromatic heterocycles. The molecule has 0 saturated carbocycles. The van der Waals surface area contributed by atoms with Crippen LogP contribution in [-0.4, -0.2) is 30.9 Å². The van der Waals surface area contributed by atoms with Crippen molar-refractivity contribution in [3.63, 3.8) is 0 Å². The van der Waals surface area contributed by atoms with Crippen molar-refractivity contribution in [3.05, 3.63) is 21.9 Å². The summed E-state index contributed by atoms with van der Waals surface area (Å²) in [5.74, 6) is 0.345. The number of hydrogen-bond acceptors (Lipinski definition) is 3. The van der Waals surface area contributed by atoms with Crippen LogP contribution < -0.4 is 5.32 Å². The molecule has 0 aromatic carbocycles. The first-order valence-corrected chi connectivity index (χ1v) is 7.58. The van der Waals surface area contributed by atoms with E-state index in [1.165, 1.54) is 10.4 Å². The number of amides is 1. The molecule has 2 heterocycles. The third-order valence-electron chi connectivity index (χ3n) is 3.70. The van der Waals surface area contributed by atoms with Crippen molar-refractivity contribution >= 4 is 17.2 Å². The minimum atomic E-state index is 0.0595. The van der Waals surface area contributed by atoms with Gasteiger partial charge in [-0.15, -0.1) is 11.3 Å². The Bertz CT molecular complexity index is 416. The Balaban J connectivity index is 2.17. The molecular weight excluding hydrogens is 244 g/mol. The summed E-state index contributed by atoms with van der Waals surface area (Å²) in [7, 11) is 1.90. The van der Waals surface area contributed by atoms with Gasteiger partial charge in [-0.3, -0.25) is 4.79 Å². The first kappa shape index (κ1) is 13.6. The number of thiophene rings is 1. The number of hydrogen-bond donors (Lipinski definition) is 1. The monoisotopic (exact) mass is 266 g/mol. The minimum absolute atomic E-state index is 0.0595. The zero-order valence-electron chi connectivity index (χ0n) is 11.4. The van der Waals surface area contributed by atoms with E-state index in [4.69, 9.17) is 0 Å². The van der Waals surface area contributed by atoms with E-state index in [0.717, 1.165) is 25.9 Å². The lowest BCUT2D eigenvalue weighted by molar-refractivity contribution is -0.137. The van der Waals surface area contributed by atoms with Gasteiger partial charge in [0.05, 0.1) is 6.04 Å². The molecule has 2 rings (SSSR count). The highest BCUT2D eigenvalue weighted by molar-refractivity contribution is 7.10. The Kier molecular flexibility index (Phi) is 4.40. The molecule has 0 radical (unpaired) electrons. The fourth-order valence-corrected chi connectivity index (χ4v) is 3.71. The summed E-state index contributed by atoms with van der Waals surface area (Å²) in [6.45, 7) is 5.80. The summed E-state index contributed by atoms with van der Waals surface area (Å²) in [4.78, 5) is 16.0. The maximum absolute atomic E-state index is 12.5. The normalized spacial score (nSPS) is 20.6. The van der Waals surface area contributed by atoms with E-state index in [0.29, 0.717) is 0 Å². The number of carbonyl (C=O) groups is 1. The minimum Gasteiger partial charge on any atom is -0.335 e. The highest BCUT2D eigenvalue weighted by atomic mass is 32.1. The molecule has 0 fully saturated rings. The average molecular weight is 266 g/mol. The SMILES string of the molecule is CCC1c2ccsc2CCN1C(=O)C(C)CNC. The number of fused-ring (bicyclic) bond motifs is 1. The fraction of sp³-hybridized carbons (Fsp3) is 0.643. The van der Waals surface area contributed by atoms with Crippen LogP contribution in [0.3, 0.4) is 0 Å². The summed E-state index contributed by atoms with van der Waals surface area (Å²) < 4.78 is 0. The number of nitrogens with one attached hydrogen (secondary N) is 1. The third-order valence-corrected chi connectivity index (χ3v) is 4.69. The van der Waals surface area contributed by atoms with Gasteiger partial charge in [-0.25, -0.2) is 0 Å². The molecule has 4 heteroatoms. The van der Waals surface area contributed by atoms with Gasteiger partial charge in [-0.1, -0.05) is 13.8 Å². The summed E-state index contributed by atoms with van der Waals surface area (Å²) in [6.07, 6.45) is 2.02. The second-order valence-electron chi connectivity index (χ2n) is 4.96. The van der Waals surface area contributed by atoms with Gasteiger partial charge in [0.2, 0.25) is 5.91 Å². The predicted molar refractivity (Wildman–Crippen MR) is 75.9 cm³/mol. The first-order chi connectivity index (χ1) is 8.69. The Morgan fingerprint density at radius 2 is 2.44 bits per heavy atom. The van der Waals surface area contributed by atoms with Crippen LogP contribution in [0.15, 0.2) is 11.4 Å². The molecule has 1 aliphatic heterocycles. The lowest BCUT2D eigenvalue weighted by atomic mass is 9.96. The van der Waals surface area contributed by atoms with Crippen molar-refractivity contribution in [3.8, 4) is 0 Å². The quantitative estimate of drug-likeness (QED) is 0.908. The van der Waals surface area contributed by atoms with E-state index in [1.807, 2.05) is 25.3 Å². The van der Waals surface area contributed by atoms with Crippen LogP contribution in [0.2, 0.25) is 0 Å². The van der Waals surface area contributed by atoms with Crippen LogP contribution in [0.1, 0.15) is 36.8 Å². The van der Waals surface area contributed by atoms with Gasteiger partial charge < -0.3 is 10.2 Å². The third kappa shape index (κ3) is 2.45. The molecule has 2 atom stereocenters. The molecule has 2 unspecified atom stereocenters. The van der Waals surface area contributed by atoms with Gasteiger partial charge in [0.15, 0.2) is 0 Å². The van der Waals surface area contributed by atoms with Crippen molar-refractivity contribution in [2.75, 3.05) is 20.1 Å². The van der Waals surface area contributed by atoms with Gasteiger partial charge >= 0.3 is 0 Å². The van der Waals surface area contributed by atoms with Crippen molar-refractivity contribution in [2.45, 2.75) is 32.7 Å². The summed E-state index contributed by atoms with van der Waals surface area (Å²) in [5, 5.41) is 5.24. The van der Waals surface area contributed by atoms with Gasteiger partial charge in [0.1, 0.15) is 0 Å². The van der Waals surface area contributed by atoms with Crippen LogP contribution in [0.4, 0.5) is 0 Å². The lowest BCUT2D eigenvalue weighted by Gasteiger charge is -2.37. The van der Waals surface area contributed by atoms with Crippen molar-refractivity contribution in [2.24, 2.45) is 5.92 Å². The molecule has 100 valence electrons. The molecule has 3 nitrogen and oxygen atoms in total. The zero-order valence-corrected chi connectivity index (χ0v) is 12.2. The first-order valence-electron chi connectivity index (χ1n) is 6.70. The Morgan fingerprint density at radius 3 is 3.11 bits per heavy atom. The fourth-order valence-electron chi connectivity index (χ4n) is 2.78. The maximum atomic E-state index is 12.5. The van der Waals surface area contributed by atoms with Crippen molar-refractivity contribution < 1.29 is 4.79 Å². The summed E-state index contributed by atoms with van der Waals surface area (Å²) in [6, 6.07) is 2.47. The predicted octanol–water partition coefficient (Wildman–Crippen LogP) is 2.44. The number of nitrogens with zero attached hydrogens (tertiary/aromatic N) is 1. The molecule has 1 aromatic rings. The Hall–Kier alpha value is -0.870. The van der Waals surface area contributed by atoms with Gasteiger partial charge in [0.25, 0.3) is 0 Å². The van der Waals surface area contributed by atoms with Crippen LogP contribution in [0.25, 0.3) is 0 Å². The molecule has 0 aliphatic carbocycles. The number of carbonyl (C=O) groups excluding carboxylic acids is 1. The molecule has 18 heavy (non-hydrogen) atoms. The molecule has 1 amide bonds. The Morgan fingerprint density at radius 1 is 1.67 bits per heavy atom. The van der Waals surface area contributed by atoms with E-state index in [1.54, 1.807) is 0 Å². The topological polar surface area (TPSA) is 32.3 Å². The van der Waals surface area contributed by atoms with E-state index in [-0.39, 0.29) is 17.9 Å². The van der Waals surface area contributed by atoms with Crippen LogP contribution in [0.5, 0.6) is 0 Å². The van der Waals surface area contributed by atoms with Crippen molar-refractivity contribution in [1.82, 2.24) is 10.2 Å². The zero-order chi connectivity index (χ0) is 13.1. The standard InChI is InChI=1S/C14H22N2OS/c1-4-12-11-6-8-18-13(11)5-7-16(12)14(17)10(2)9-15-3/h6,8,10,12,15H,4-5,7,9H2,1-3H3. The van der Waals surface area contributed by atoms with Gasteiger partial charge in [-0.2, -0.15) is 0 Å². The van der Waals surface area contributed by atoms with Crippen molar-refractivity contribution in [1.29, 1.82) is 0 Å². The highest BCUT2D eigenvalue weighted by Crippen LogP contribution is 2.35. The van der Waals surface area contributed by atoms with E-state index < -0.39 is 0 Å². The van der Waals surface area contributed by atoms with Gasteiger partial charge in [0, 0.05) is 23.9 Å². The number of rotatable bonds is 4. The molecule has 1 aliphatic rings. The molecular formula is C14H22N2OS. The molecule has 0 bridgehead atoms. The van der Waals surface area contributed by atoms with E-state index in [2.05, 4.69) is 28.6 Å². The smallest absolute Gasteiger partial charge is 0.227 e. The van der Waals surface area contributed by atoms with E-state index >= 15 is 0 Å². The van der Waals surface area contributed by atoms with E-state index in [9.17, 15) is 4.79 Å². The average Bonchev–Trinajstić information content (AvgIpc) is 2.85. The highest BCUT2D eigenvalue weighted by Gasteiger charge is 2.32. The molecule has 1 N–H and O–H groups in total. The Labute approximate surface area is 113 Å². The molecule has 0 spiro atoms. The molecule has 0 saturated heterocycles. The second-order valence-corrected chi connectivity index (χ2v) is 5.96.